The Labute approximate surface area is 99.4 Å². The van der Waals surface area contributed by atoms with Crippen LogP contribution in [-0.2, 0) is 11.4 Å². The molecule has 16 heavy (non-hydrogen) atoms. The molecule has 1 N–H and O–H groups in total. The van der Waals surface area contributed by atoms with Gasteiger partial charge in [0.1, 0.15) is 13.2 Å². The van der Waals surface area contributed by atoms with E-state index in [4.69, 9.17) is 25.9 Å². The van der Waals surface area contributed by atoms with Crippen molar-refractivity contribution in [2.45, 2.75) is 13.5 Å². The first-order chi connectivity index (χ1) is 7.74. The first-order valence-corrected chi connectivity index (χ1v) is 5.45. The van der Waals surface area contributed by atoms with Gasteiger partial charge in [0.2, 0.25) is 0 Å². The Bertz CT molecular complexity index is 395. The van der Waals surface area contributed by atoms with Crippen molar-refractivity contribution >= 4 is 11.6 Å². The smallest absolute Gasteiger partial charge is 0.180 e. The lowest BCUT2D eigenvalue weighted by Gasteiger charge is -2.22. The summed E-state index contributed by atoms with van der Waals surface area (Å²) in [6.45, 7) is 3.62. The molecule has 1 aromatic carbocycles. The van der Waals surface area contributed by atoms with Crippen molar-refractivity contribution in [3.8, 4) is 11.5 Å². The number of hydrogen-bond donors (Lipinski definition) is 1. The molecule has 0 fully saturated rings. The van der Waals surface area contributed by atoms with Crippen LogP contribution in [0.2, 0.25) is 5.02 Å². The summed E-state index contributed by atoms with van der Waals surface area (Å²) in [6, 6.07) is 1.94. The van der Waals surface area contributed by atoms with Gasteiger partial charge in [-0.1, -0.05) is 11.6 Å². The molecule has 0 amide bonds. The Balaban J connectivity index is 2.37. The largest absolute Gasteiger partial charge is 0.486 e. The van der Waals surface area contributed by atoms with E-state index in [0.717, 1.165) is 16.9 Å². The Morgan fingerprint density at radius 3 is 2.94 bits per heavy atom. The summed E-state index contributed by atoms with van der Waals surface area (Å²) < 4.78 is 11.0. The minimum absolute atomic E-state index is 0.535. The molecular weight excluding hydrogens is 230 g/mol. The van der Waals surface area contributed by atoms with Gasteiger partial charge in [0.15, 0.2) is 11.5 Å². The summed E-state index contributed by atoms with van der Waals surface area (Å²) in [4.78, 5) is 4.82. The van der Waals surface area contributed by atoms with Crippen LogP contribution in [0.15, 0.2) is 6.07 Å². The highest BCUT2D eigenvalue weighted by atomic mass is 35.5. The van der Waals surface area contributed by atoms with Crippen molar-refractivity contribution < 1.29 is 14.3 Å². The molecule has 0 aromatic heterocycles. The number of rotatable bonds is 3. The van der Waals surface area contributed by atoms with E-state index in [1.165, 1.54) is 0 Å². The number of nitrogens with one attached hydrogen (secondary N) is 1. The molecule has 4 nitrogen and oxygen atoms in total. The van der Waals surface area contributed by atoms with Crippen LogP contribution in [0, 0.1) is 6.92 Å². The summed E-state index contributed by atoms with van der Waals surface area (Å²) in [6.07, 6.45) is 0. The maximum atomic E-state index is 6.27. The third kappa shape index (κ3) is 2.09. The quantitative estimate of drug-likeness (QED) is 0.825. The highest BCUT2D eigenvalue weighted by Gasteiger charge is 2.20. The number of halogens is 1. The lowest BCUT2D eigenvalue weighted by Crippen LogP contribution is -2.18. The maximum absolute atomic E-state index is 6.27. The number of fused-ring (bicyclic) bond motifs is 1. The standard InChI is InChI=1S/C11H14ClNO3/c1-7-5-9-11(16-4-3-15-9)10(12)8(7)6-13-14-2/h5,13H,3-4,6H2,1-2H3. The van der Waals surface area contributed by atoms with Crippen molar-refractivity contribution in [3.63, 3.8) is 0 Å². The fourth-order valence-corrected chi connectivity index (χ4v) is 2.03. The van der Waals surface area contributed by atoms with Gasteiger partial charge in [-0.25, -0.2) is 0 Å². The fourth-order valence-electron chi connectivity index (χ4n) is 1.67. The Hall–Kier alpha value is -0.970. The topological polar surface area (TPSA) is 39.7 Å². The zero-order valence-electron chi connectivity index (χ0n) is 9.30. The van der Waals surface area contributed by atoms with Crippen molar-refractivity contribution in [2.75, 3.05) is 20.3 Å². The summed E-state index contributed by atoms with van der Waals surface area (Å²) in [5.74, 6) is 1.35. The molecule has 88 valence electrons. The van der Waals surface area contributed by atoms with Crippen LogP contribution in [0.4, 0.5) is 0 Å². The number of benzene rings is 1. The lowest BCUT2D eigenvalue weighted by atomic mass is 10.1. The van der Waals surface area contributed by atoms with Crippen LogP contribution < -0.4 is 15.0 Å². The van der Waals surface area contributed by atoms with Crippen molar-refractivity contribution in [2.24, 2.45) is 0 Å². The number of hydrogen-bond acceptors (Lipinski definition) is 4. The first kappa shape index (κ1) is 11.5. The molecule has 0 atom stereocenters. The van der Waals surface area contributed by atoms with E-state index in [1.54, 1.807) is 7.11 Å². The normalized spacial score (nSPS) is 13.9. The van der Waals surface area contributed by atoms with Gasteiger partial charge in [0, 0.05) is 6.54 Å². The summed E-state index contributed by atoms with van der Waals surface area (Å²) >= 11 is 6.27. The molecule has 0 spiro atoms. The average Bonchev–Trinajstić information content (AvgIpc) is 2.29. The van der Waals surface area contributed by atoms with Gasteiger partial charge in [-0.3, -0.25) is 0 Å². The molecule has 1 aromatic rings. The van der Waals surface area contributed by atoms with Crippen LogP contribution in [0.5, 0.6) is 11.5 Å². The van der Waals surface area contributed by atoms with E-state index < -0.39 is 0 Å². The second-order valence-electron chi connectivity index (χ2n) is 3.54. The minimum Gasteiger partial charge on any atom is -0.486 e. The SMILES string of the molecule is CONCc1c(C)cc2c(c1Cl)OCCO2. The molecule has 0 unspecified atom stereocenters. The summed E-state index contributed by atoms with van der Waals surface area (Å²) in [5.41, 5.74) is 4.79. The molecule has 0 aliphatic carbocycles. The second kappa shape index (κ2) is 4.91. The van der Waals surface area contributed by atoms with Gasteiger partial charge in [-0.2, -0.15) is 5.48 Å². The Morgan fingerprint density at radius 2 is 2.19 bits per heavy atom. The Kier molecular flexibility index (Phi) is 3.53. The second-order valence-corrected chi connectivity index (χ2v) is 3.91. The summed E-state index contributed by atoms with van der Waals surface area (Å²) in [5, 5.41) is 0.597. The van der Waals surface area contributed by atoms with Crippen LogP contribution in [0.3, 0.4) is 0 Å². The predicted molar refractivity (Wildman–Crippen MR) is 61.0 cm³/mol. The van der Waals surface area contributed by atoms with E-state index in [9.17, 15) is 0 Å². The molecule has 0 saturated heterocycles. The predicted octanol–water partition coefficient (Wildman–Crippen LogP) is 2.07. The molecule has 5 heteroatoms. The fraction of sp³-hybridized carbons (Fsp3) is 0.455. The van der Waals surface area contributed by atoms with Crippen molar-refractivity contribution in [1.82, 2.24) is 5.48 Å². The zero-order valence-corrected chi connectivity index (χ0v) is 10.1. The molecular formula is C11H14ClNO3. The maximum Gasteiger partial charge on any atom is 0.180 e. The number of hydroxylamine groups is 1. The van der Waals surface area contributed by atoms with Crippen LogP contribution in [0.25, 0.3) is 0 Å². The first-order valence-electron chi connectivity index (χ1n) is 5.07. The van der Waals surface area contributed by atoms with E-state index >= 15 is 0 Å². The molecule has 1 heterocycles. The van der Waals surface area contributed by atoms with Gasteiger partial charge in [-0.05, 0) is 24.1 Å². The molecule has 0 bridgehead atoms. The van der Waals surface area contributed by atoms with Crippen LogP contribution >= 0.6 is 11.6 Å². The lowest BCUT2D eigenvalue weighted by molar-refractivity contribution is 0.0864. The van der Waals surface area contributed by atoms with Gasteiger partial charge in [0.25, 0.3) is 0 Å². The molecule has 1 aliphatic heterocycles. The van der Waals surface area contributed by atoms with Crippen LogP contribution in [-0.4, -0.2) is 20.3 Å². The van der Waals surface area contributed by atoms with E-state index in [1.807, 2.05) is 13.0 Å². The third-order valence-electron chi connectivity index (χ3n) is 2.49. The highest BCUT2D eigenvalue weighted by Crippen LogP contribution is 2.41. The third-order valence-corrected chi connectivity index (χ3v) is 2.89. The van der Waals surface area contributed by atoms with Crippen molar-refractivity contribution in [1.29, 1.82) is 0 Å². The van der Waals surface area contributed by atoms with Gasteiger partial charge < -0.3 is 14.3 Å². The molecule has 0 saturated carbocycles. The molecule has 0 radical (unpaired) electrons. The Morgan fingerprint density at radius 1 is 1.44 bits per heavy atom. The minimum atomic E-state index is 0.535. The average molecular weight is 244 g/mol. The zero-order chi connectivity index (χ0) is 11.5. The number of ether oxygens (including phenoxy) is 2. The highest BCUT2D eigenvalue weighted by molar-refractivity contribution is 6.33. The van der Waals surface area contributed by atoms with Crippen molar-refractivity contribution in [3.05, 3.63) is 22.2 Å². The van der Waals surface area contributed by atoms with E-state index in [2.05, 4.69) is 5.48 Å². The molecule has 1 aliphatic rings. The van der Waals surface area contributed by atoms with E-state index in [0.29, 0.717) is 30.5 Å². The van der Waals surface area contributed by atoms with Gasteiger partial charge in [-0.15, -0.1) is 0 Å². The van der Waals surface area contributed by atoms with E-state index in [-0.39, 0.29) is 0 Å². The number of aryl methyl sites for hydroxylation is 1. The van der Waals surface area contributed by atoms with Gasteiger partial charge >= 0.3 is 0 Å². The summed E-state index contributed by atoms with van der Waals surface area (Å²) in [7, 11) is 1.57. The molecule has 2 rings (SSSR count). The van der Waals surface area contributed by atoms with Gasteiger partial charge in [0.05, 0.1) is 12.1 Å². The monoisotopic (exact) mass is 243 g/mol. The van der Waals surface area contributed by atoms with Crippen LogP contribution in [0.1, 0.15) is 11.1 Å².